The number of hydrogen-bond acceptors (Lipinski definition) is 11. The second kappa shape index (κ2) is 82.9. The van der Waals surface area contributed by atoms with Crippen molar-refractivity contribution in [2.24, 2.45) is 10.8 Å². The van der Waals surface area contributed by atoms with Gasteiger partial charge in [-0.05, 0) is 102 Å². The average Bonchev–Trinajstić information content (AvgIpc) is 1.67. The maximum absolute atomic E-state index is 13.5. The molecule has 1 aliphatic rings. The summed E-state index contributed by atoms with van der Waals surface area (Å²) in [4.78, 5) is 44.2. The van der Waals surface area contributed by atoms with E-state index in [-0.39, 0.29) is 46.7 Å². The number of nitrogens with zero attached hydrogens (tertiary/aromatic N) is 5. The number of nitrogens with one attached hydrogen (secondary N) is 4. The first-order valence-corrected chi connectivity index (χ1v) is 22.7. The van der Waals surface area contributed by atoms with E-state index < -0.39 is 5.41 Å². The van der Waals surface area contributed by atoms with Gasteiger partial charge >= 0.3 is 0 Å². The molecule has 6 rings (SSSR count). The van der Waals surface area contributed by atoms with E-state index in [0.29, 0.717) is 76.5 Å². The van der Waals surface area contributed by atoms with Gasteiger partial charge in [-0.3, -0.25) is 19.2 Å². The fourth-order valence-corrected chi connectivity index (χ4v) is 5.93. The molecule has 0 radical (unpaired) electrons. The van der Waals surface area contributed by atoms with E-state index in [0.717, 1.165) is 19.4 Å². The molecule has 2 aromatic heterocycles. The van der Waals surface area contributed by atoms with Gasteiger partial charge in [0.1, 0.15) is 23.3 Å². The second-order valence-electron chi connectivity index (χ2n) is 15.8. The summed E-state index contributed by atoms with van der Waals surface area (Å²) in [6.45, 7) is 13.9. The van der Waals surface area contributed by atoms with Gasteiger partial charge < -0.3 is 26.4 Å². The fourth-order valence-electron chi connectivity index (χ4n) is 5.93. The molecule has 1 aliphatic heterocycles. The first-order valence-electron chi connectivity index (χ1n) is 22.7. The molecule has 2 amide bonds. The van der Waals surface area contributed by atoms with E-state index in [1.165, 1.54) is 29.2 Å². The van der Waals surface area contributed by atoms with Crippen molar-refractivity contribution in [2.75, 3.05) is 47.5 Å². The zero-order chi connectivity index (χ0) is 74.7. The Bertz CT molecular complexity index is 2530. The number of imide groups is 1. The van der Waals surface area contributed by atoms with Crippen molar-refractivity contribution >= 4 is 46.7 Å². The predicted octanol–water partition coefficient (Wildman–Crippen LogP) is 21.9. The first kappa shape index (κ1) is 112. The Hall–Kier alpha value is -9.07. The Balaban J connectivity index is -0.000000101. The lowest BCUT2D eigenvalue weighted by molar-refractivity contribution is 0.0642. The highest BCUT2D eigenvalue weighted by Gasteiger charge is 2.35. The Morgan fingerprint density at radius 1 is 0.462 bits per heavy atom. The molecule has 0 fully saturated rings. The molecule has 3 aromatic carbocycles. The molecule has 5 N–H and O–H groups in total. The normalized spacial score (nSPS) is 8.91. The van der Waals surface area contributed by atoms with Crippen LogP contribution in [0.3, 0.4) is 0 Å². The molecule has 540 valence electrons. The Labute approximate surface area is 505 Å². The van der Waals surface area contributed by atoms with Crippen molar-refractivity contribution in [2.45, 2.75) is 67.2 Å². The smallest absolute Gasteiger partial charge is 0.261 e. The van der Waals surface area contributed by atoms with Gasteiger partial charge in [-0.25, -0.2) is 18.7 Å². The molecule has 0 aliphatic carbocycles. The molecule has 3 heterocycles. The van der Waals surface area contributed by atoms with E-state index >= 15 is 0 Å². The van der Waals surface area contributed by atoms with Crippen molar-refractivity contribution < 1.29 is 165 Å². The van der Waals surface area contributed by atoms with Crippen molar-refractivity contribution in [3.8, 4) is 23.7 Å². The van der Waals surface area contributed by atoms with Crippen molar-refractivity contribution in [3.05, 3.63) is 119 Å². The summed E-state index contributed by atoms with van der Waals surface area (Å²) < 4.78 is 267. The van der Waals surface area contributed by atoms with Gasteiger partial charge in [0.2, 0.25) is 11.9 Å². The van der Waals surface area contributed by atoms with Crippen LogP contribution in [0.1, 0.15) is 99.1 Å². The Kier molecular flexibility index (Phi) is 99.5. The lowest BCUT2D eigenvalue weighted by Gasteiger charge is -2.21. The average molecular weight is 1430 g/mol. The van der Waals surface area contributed by atoms with Gasteiger partial charge in [0.25, 0.3) is 11.8 Å². The predicted molar refractivity (Wildman–Crippen MR) is 276 cm³/mol. The first-order chi connectivity index (χ1) is 44.7. The highest BCUT2D eigenvalue weighted by atomic mass is 20.0. The molecule has 0 bridgehead atoms. The standard InChI is InChI=1S/C28H28FN5O2.C20H25FN4O.15F2.FH/c1-4-15-30-24-19(18-31-27(33-24)32-21-9-7-8-20(29)17-21)12-13-28(2,3)14-16-34-25(35)22-10-5-6-11-23(22)26(34)36;1-4-11-22-18-15(8-9-20(2,3)10-12-26)14-23-19(25-18)24-17-7-5-6-16(21)13-17;15*1-2;/h5-11,17-18H,4,14-16H2,1-3H3,(H2,30,31,32,33);5-7,13-14,26H,4,10-12H2,1-3H3,(H2,22,23,24,25);;;;;;;;;;;;;;;;1H. The maximum Gasteiger partial charge on any atom is 0.261 e. The molecular weight excluding hydrogens is 1380 g/mol. The van der Waals surface area contributed by atoms with Gasteiger partial charge in [-0.2, -0.15) is 9.97 Å². The fraction of sp³-hybridized carbons (Fsp3) is 0.333. The van der Waals surface area contributed by atoms with Crippen LogP contribution >= 0.6 is 0 Å². The lowest BCUT2D eigenvalue weighted by Crippen LogP contribution is -2.33. The number of aliphatic hydroxyl groups is 1. The second-order valence-corrected chi connectivity index (χ2v) is 15.8. The van der Waals surface area contributed by atoms with Crippen molar-refractivity contribution in [1.82, 2.24) is 24.8 Å². The van der Waals surface area contributed by atoms with E-state index in [4.69, 9.17) is 142 Å². The number of carbonyl (C=O) groups excluding carboxylic acids is 2. The van der Waals surface area contributed by atoms with E-state index in [1.807, 2.05) is 34.6 Å². The van der Waals surface area contributed by atoms with Crippen LogP contribution in [-0.2, 0) is 0 Å². The number of amides is 2. The number of rotatable bonds is 15. The summed E-state index contributed by atoms with van der Waals surface area (Å²) in [5.74, 6) is 13.4. The number of aliphatic hydroxyl groups excluding tert-OH is 1. The molecule has 5 aromatic rings. The molecule has 0 spiro atoms. The number of fused-ring (bicyclic) bond motifs is 1. The van der Waals surface area contributed by atoms with Crippen LogP contribution in [0.5, 0.6) is 0 Å². The van der Waals surface area contributed by atoms with Crippen LogP contribution in [0.4, 0.5) is 186 Å². The molecule has 0 saturated carbocycles. The summed E-state index contributed by atoms with van der Waals surface area (Å²) in [7, 11) is 0. The number of hydrogen-bond donors (Lipinski definition) is 5. The largest absolute Gasteiger partial charge is 0.396 e. The highest BCUT2D eigenvalue weighted by molar-refractivity contribution is 6.21. The van der Waals surface area contributed by atoms with Gasteiger partial charge in [-0.1, -0.05) is 61.8 Å². The van der Waals surface area contributed by atoms with E-state index in [9.17, 15) is 18.4 Å². The summed E-state index contributed by atoms with van der Waals surface area (Å²) in [6.07, 6.45) is 6.23. The van der Waals surface area contributed by atoms with Gasteiger partial charge in [0, 0.05) is 186 Å². The molecule has 0 unspecified atom stereocenters. The number of halogens is 33. The third-order valence-corrected chi connectivity index (χ3v) is 9.47. The summed E-state index contributed by atoms with van der Waals surface area (Å²) >= 11 is 0. The van der Waals surface area contributed by atoms with Gasteiger partial charge in [-0.15, -0.1) is 0 Å². The quantitative estimate of drug-likeness (QED) is 0.0386. The summed E-state index contributed by atoms with van der Waals surface area (Å²) in [5.41, 5.74) is 2.56. The van der Waals surface area contributed by atoms with Crippen molar-refractivity contribution in [1.29, 1.82) is 0 Å². The molecule has 45 heteroatoms. The van der Waals surface area contributed by atoms with Crippen molar-refractivity contribution in [3.63, 3.8) is 0 Å². The minimum absolute atomic E-state index is 0. The number of carbonyl (C=O) groups is 2. The van der Waals surface area contributed by atoms with Gasteiger partial charge in [0.05, 0.1) is 34.6 Å². The number of benzene rings is 3. The molecule has 12 nitrogen and oxygen atoms in total. The SMILES string of the molecule is CCCNc1nc(Nc2cccc(F)c2)ncc1C#CC(C)(C)CCN1C(=O)c2ccccc2C1=O.CCCNc1nc(Nc2cccc(F)c2)ncc1C#CC(C)(C)CCO.F.FF.FF.FF.FF.FF.FF.FF.FF.FF.FF.FF.FF.FF.FF.FF. The third-order valence-electron chi connectivity index (χ3n) is 9.47. The number of anilines is 6. The Morgan fingerprint density at radius 3 is 1.04 bits per heavy atom. The van der Waals surface area contributed by atoms with E-state index in [1.54, 1.807) is 60.9 Å². The van der Waals surface area contributed by atoms with Gasteiger partial charge in [0.15, 0.2) is 0 Å². The molecule has 93 heavy (non-hydrogen) atoms. The minimum Gasteiger partial charge on any atom is -0.396 e. The lowest BCUT2D eigenvalue weighted by atomic mass is 9.89. The van der Waals surface area contributed by atoms with Crippen LogP contribution in [0.25, 0.3) is 0 Å². The topological polar surface area (TPSA) is 157 Å². The zero-order valence-electron chi connectivity index (χ0n) is 47.7. The van der Waals surface area contributed by atoms with E-state index in [2.05, 4.69) is 71.8 Å². The minimum atomic E-state index is -0.476. The number of aromatic nitrogens is 4. The molecular formula is C48H54F33N9O3. The monoisotopic (exact) mass is 1430 g/mol. The Morgan fingerprint density at radius 2 is 0.763 bits per heavy atom. The highest BCUT2D eigenvalue weighted by Crippen LogP contribution is 2.27. The van der Waals surface area contributed by atoms with Crippen LogP contribution in [0.2, 0.25) is 0 Å². The summed E-state index contributed by atoms with van der Waals surface area (Å²) in [5, 5.41) is 21.7. The summed E-state index contributed by atoms with van der Waals surface area (Å²) in [6, 6.07) is 19.1. The van der Waals surface area contributed by atoms with Crippen LogP contribution < -0.4 is 21.3 Å². The zero-order valence-corrected chi connectivity index (χ0v) is 47.7. The third kappa shape index (κ3) is 52.3. The molecule has 0 saturated heterocycles. The van der Waals surface area contributed by atoms with Crippen LogP contribution in [-0.4, -0.2) is 68.0 Å². The maximum atomic E-state index is 13.5. The van der Waals surface area contributed by atoms with Crippen LogP contribution in [0, 0.1) is 46.1 Å². The van der Waals surface area contributed by atoms with Crippen LogP contribution in [0.15, 0.2) is 85.2 Å². The molecule has 0 atom stereocenters.